The average molecular weight is 501 g/mol. The van der Waals surface area contributed by atoms with E-state index < -0.39 is 5.60 Å². The van der Waals surface area contributed by atoms with E-state index in [-0.39, 0.29) is 47.9 Å². The Bertz CT molecular complexity index is 694. The SMILES string of the molecule is CC(C)(C)OC(=O)C1CCC(NC(N)=NC2CCOc3ccccc32)CC1.I. The minimum absolute atomic E-state index is 0. The summed E-state index contributed by atoms with van der Waals surface area (Å²) in [4.78, 5) is 16.9. The third-order valence-corrected chi connectivity index (χ3v) is 5.04. The lowest BCUT2D eigenvalue weighted by Crippen LogP contribution is -2.43. The van der Waals surface area contributed by atoms with Crippen molar-refractivity contribution in [3.05, 3.63) is 29.8 Å². The Morgan fingerprint density at radius 2 is 1.86 bits per heavy atom. The molecule has 28 heavy (non-hydrogen) atoms. The topological polar surface area (TPSA) is 85.9 Å². The van der Waals surface area contributed by atoms with Gasteiger partial charge >= 0.3 is 5.97 Å². The van der Waals surface area contributed by atoms with Crippen molar-refractivity contribution in [1.29, 1.82) is 0 Å². The Labute approximate surface area is 184 Å². The molecule has 1 aliphatic carbocycles. The molecule has 0 radical (unpaired) electrons. The number of halogens is 1. The molecule has 1 fully saturated rings. The minimum atomic E-state index is -0.427. The molecule has 0 aromatic heterocycles. The van der Waals surface area contributed by atoms with Gasteiger partial charge in [0.05, 0.1) is 18.6 Å². The molecule has 0 amide bonds. The zero-order valence-electron chi connectivity index (χ0n) is 16.9. The molecule has 3 rings (SSSR count). The van der Waals surface area contributed by atoms with Gasteiger partial charge in [0.15, 0.2) is 5.96 Å². The number of hydrogen-bond acceptors (Lipinski definition) is 4. The maximum absolute atomic E-state index is 12.2. The van der Waals surface area contributed by atoms with Gasteiger partial charge in [0.2, 0.25) is 0 Å². The summed E-state index contributed by atoms with van der Waals surface area (Å²) in [5, 5.41) is 3.34. The molecule has 0 saturated heterocycles. The van der Waals surface area contributed by atoms with Crippen molar-refractivity contribution in [2.45, 2.75) is 70.6 Å². The summed E-state index contributed by atoms with van der Waals surface area (Å²) in [5.74, 6) is 1.27. The highest BCUT2D eigenvalue weighted by atomic mass is 127. The minimum Gasteiger partial charge on any atom is -0.493 e. The number of carbonyl (C=O) groups is 1. The molecule has 1 heterocycles. The fraction of sp³-hybridized carbons (Fsp3) is 0.619. The highest BCUT2D eigenvalue weighted by molar-refractivity contribution is 14.0. The van der Waals surface area contributed by atoms with Crippen molar-refractivity contribution in [2.24, 2.45) is 16.6 Å². The Kier molecular flexibility index (Phi) is 7.97. The van der Waals surface area contributed by atoms with Gasteiger partial charge in [0, 0.05) is 18.0 Å². The Morgan fingerprint density at radius 3 is 2.54 bits per heavy atom. The van der Waals surface area contributed by atoms with E-state index in [2.05, 4.69) is 10.3 Å². The fourth-order valence-corrected chi connectivity index (χ4v) is 3.73. The number of rotatable bonds is 3. The summed E-state index contributed by atoms with van der Waals surface area (Å²) in [6.07, 6.45) is 4.25. The molecule has 1 saturated carbocycles. The summed E-state index contributed by atoms with van der Waals surface area (Å²) in [5.41, 5.74) is 6.83. The van der Waals surface area contributed by atoms with Crippen molar-refractivity contribution in [3.63, 3.8) is 0 Å². The third-order valence-electron chi connectivity index (χ3n) is 5.04. The van der Waals surface area contributed by atoms with Crippen LogP contribution >= 0.6 is 24.0 Å². The fourth-order valence-electron chi connectivity index (χ4n) is 3.73. The Hall–Kier alpha value is -1.51. The van der Waals surface area contributed by atoms with Crippen LogP contribution in [-0.2, 0) is 9.53 Å². The summed E-state index contributed by atoms with van der Waals surface area (Å²) in [6.45, 7) is 6.37. The lowest BCUT2D eigenvalue weighted by molar-refractivity contribution is -0.161. The lowest BCUT2D eigenvalue weighted by Gasteiger charge is -2.30. The monoisotopic (exact) mass is 501 g/mol. The van der Waals surface area contributed by atoms with Crippen LogP contribution in [0.15, 0.2) is 29.3 Å². The second kappa shape index (κ2) is 9.80. The molecule has 0 bridgehead atoms. The van der Waals surface area contributed by atoms with Crippen molar-refractivity contribution in [3.8, 4) is 5.75 Å². The first-order valence-corrected chi connectivity index (χ1v) is 9.86. The normalized spacial score (nSPS) is 25.0. The van der Waals surface area contributed by atoms with E-state index in [0.717, 1.165) is 43.4 Å². The predicted molar refractivity (Wildman–Crippen MR) is 121 cm³/mol. The molecule has 3 N–H and O–H groups in total. The van der Waals surface area contributed by atoms with Gasteiger partial charge in [-0.25, -0.2) is 4.99 Å². The number of ether oxygens (including phenoxy) is 2. The first-order chi connectivity index (χ1) is 12.8. The maximum atomic E-state index is 12.2. The van der Waals surface area contributed by atoms with Gasteiger partial charge in [-0.1, -0.05) is 18.2 Å². The molecule has 7 heteroatoms. The van der Waals surface area contributed by atoms with E-state index in [9.17, 15) is 4.79 Å². The molecule has 1 aromatic rings. The average Bonchev–Trinajstić information content (AvgIpc) is 2.61. The van der Waals surface area contributed by atoms with Gasteiger partial charge < -0.3 is 20.5 Å². The largest absolute Gasteiger partial charge is 0.493 e. The van der Waals surface area contributed by atoms with E-state index in [4.69, 9.17) is 15.2 Å². The molecule has 1 aromatic carbocycles. The van der Waals surface area contributed by atoms with Crippen LogP contribution in [0.1, 0.15) is 64.5 Å². The number of para-hydroxylation sites is 1. The standard InChI is InChI=1S/C21H31N3O3.HI/c1-21(2,3)27-19(25)14-8-10-15(11-9-14)23-20(22)24-17-12-13-26-18-7-5-4-6-16(17)18;/h4-7,14-15,17H,8-13H2,1-3H3,(H3,22,23,24);1H. The Balaban J connectivity index is 0.00000280. The van der Waals surface area contributed by atoms with E-state index in [0.29, 0.717) is 12.6 Å². The Morgan fingerprint density at radius 1 is 1.18 bits per heavy atom. The molecular weight excluding hydrogens is 469 g/mol. The molecule has 1 atom stereocenters. The zero-order valence-corrected chi connectivity index (χ0v) is 19.3. The first-order valence-electron chi connectivity index (χ1n) is 9.86. The summed E-state index contributed by atoms with van der Waals surface area (Å²) >= 11 is 0. The summed E-state index contributed by atoms with van der Waals surface area (Å²) < 4.78 is 11.2. The molecule has 1 unspecified atom stereocenters. The molecule has 156 valence electrons. The second-order valence-corrected chi connectivity index (χ2v) is 8.43. The molecular formula is C21H32IN3O3. The van der Waals surface area contributed by atoms with Crippen LogP contribution < -0.4 is 15.8 Å². The van der Waals surface area contributed by atoms with E-state index in [1.807, 2.05) is 45.0 Å². The van der Waals surface area contributed by atoms with Gasteiger partial charge in [-0.2, -0.15) is 0 Å². The van der Waals surface area contributed by atoms with Crippen molar-refractivity contribution in [2.75, 3.05) is 6.61 Å². The number of nitrogens with one attached hydrogen (secondary N) is 1. The number of aliphatic imine (C=N–C) groups is 1. The van der Waals surface area contributed by atoms with Gasteiger partial charge in [-0.15, -0.1) is 24.0 Å². The molecule has 1 aliphatic heterocycles. The van der Waals surface area contributed by atoms with E-state index in [1.165, 1.54) is 0 Å². The smallest absolute Gasteiger partial charge is 0.309 e. The van der Waals surface area contributed by atoms with Gasteiger partial charge in [0.1, 0.15) is 11.4 Å². The van der Waals surface area contributed by atoms with Crippen LogP contribution in [0.25, 0.3) is 0 Å². The van der Waals surface area contributed by atoms with Crippen LogP contribution in [-0.4, -0.2) is 30.2 Å². The number of fused-ring (bicyclic) bond motifs is 1. The quantitative estimate of drug-likeness (QED) is 0.284. The number of esters is 1. The van der Waals surface area contributed by atoms with Gasteiger partial charge in [0.25, 0.3) is 0 Å². The zero-order chi connectivity index (χ0) is 19.4. The highest BCUT2D eigenvalue weighted by Crippen LogP contribution is 2.34. The van der Waals surface area contributed by atoms with E-state index >= 15 is 0 Å². The number of guanidine groups is 1. The number of carbonyl (C=O) groups excluding carboxylic acids is 1. The first kappa shape index (κ1) is 22.8. The van der Waals surface area contributed by atoms with Crippen molar-refractivity contribution >= 4 is 35.9 Å². The third kappa shape index (κ3) is 6.25. The van der Waals surface area contributed by atoms with Crippen LogP contribution in [0.3, 0.4) is 0 Å². The number of nitrogens with two attached hydrogens (primary N) is 1. The van der Waals surface area contributed by atoms with Gasteiger partial charge in [-0.05, 0) is 52.5 Å². The van der Waals surface area contributed by atoms with Crippen molar-refractivity contribution in [1.82, 2.24) is 5.32 Å². The van der Waals surface area contributed by atoms with Crippen LogP contribution in [0.4, 0.5) is 0 Å². The van der Waals surface area contributed by atoms with E-state index in [1.54, 1.807) is 0 Å². The maximum Gasteiger partial charge on any atom is 0.309 e. The molecule has 6 nitrogen and oxygen atoms in total. The van der Waals surface area contributed by atoms with Crippen molar-refractivity contribution < 1.29 is 14.3 Å². The highest BCUT2D eigenvalue weighted by Gasteiger charge is 2.30. The lowest BCUT2D eigenvalue weighted by atomic mass is 9.86. The van der Waals surface area contributed by atoms with Crippen LogP contribution in [0.2, 0.25) is 0 Å². The van der Waals surface area contributed by atoms with Gasteiger partial charge in [-0.3, -0.25) is 4.79 Å². The predicted octanol–water partition coefficient (Wildman–Crippen LogP) is 3.93. The summed E-state index contributed by atoms with van der Waals surface area (Å²) in [6, 6.07) is 8.26. The van der Waals surface area contributed by atoms with Crippen LogP contribution in [0.5, 0.6) is 5.75 Å². The second-order valence-electron chi connectivity index (χ2n) is 8.43. The van der Waals surface area contributed by atoms with Crippen LogP contribution in [0, 0.1) is 5.92 Å². The summed E-state index contributed by atoms with van der Waals surface area (Å²) in [7, 11) is 0. The molecule has 0 spiro atoms. The number of benzene rings is 1. The number of hydrogen-bond donors (Lipinski definition) is 2. The number of nitrogens with zero attached hydrogens (tertiary/aromatic N) is 1. The molecule has 2 aliphatic rings.